The lowest BCUT2D eigenvalue weighted by molar-refractivity contribution is -0.122. The minimum Gasteiger partial charge on any atom is -0.391 e. The van der Waals surface area contributed by atoms with Crippen molar-refractivity contribution in [2.24, 2.45) is 0 Å². The van der Waals surface area contributed by atoms with Crippen molar-refractivity contribution in [3.63, 3.8) is 0 Å². The molecular weight excluding hydrogens is 607 g/mol. The molecule has 0 saturated carbocycles. The van der Waals surface area contributed by atoms with Gasteiger partial charge in [-0.2, -0.15) is 8.42 Å². The smallest absolute Gasteiger partial charge is 0.266 e. The highest BCUT2D eigenvalue weighted by atomic mass is 32.2. The summed E-state index contributed by atoms with van der Waals surface area (Å²) < 4.78 is 32.5. The van der Waals surface area contributed by atoms with Crippen molar-refractivity contribution in [1.29, 1.82) is 0 Å². The number of aliphatic hydroxyl groups is 1. The standard InChI is InChI=1S/C40H79NO5S/c1-3-5-7-9-11-13-15-17-19-20-21-22-24-26-28-30-32-34-36-40(43)41-38(37-47(44,45)46)39(42)35-33-31-29-27-25-23-18-16-14-12-10-8-6-4-2/h19-20,38-39,42H,3-18,21-37H2,1-2H3,(H,41,43)(H,44,45,46)/b20-19-. The van der Waals surface area contributed by atoms with Gasteiger partial charge in [0.1, 0.15) is 0 Å². The van der Waals surface area contributed by atoms with E-state index in [1.54, 1.807) is 0 Å². The van der Waals surface area contributed by atoms with Crippen LogP contribution in [0, 0.1) is 0 Å². The molecule has 0 aliphatic rings. The number of rotatable bonds is 37. The van der Waals surface area contributed by atoms with Crippen molar-refractivity contribution in [1.82, 2.24) is 5.32 Å². The van der Waals surface area contributed by atoms with Crippen molar-refractivity contribution in [2.45, 2.75) is 231 Å². The highest BCUT2D eigenvalue weighted by molar-refractivity contribution is 7.85. The molecule has 7 heteroatoms. The van der Waals surface area contributed by atoms with Gasteiger partial charge in [-0.1, -0.05) is 187 Å². The molecule has 0 aromatic carbocycles. The fraction of sp³-hybridized carbons (Fsp3) is 0.925. The van der Waals surface area contributed by atoms with Crippen LogP contribution in [-0.2, 0) is 14.9 Å². The Bertz CT molecular complexity index is 800. The topological polar surface area (TPSA) is 104 Å². The molecule has 0 aromatic heterocycles. The molecule has 3 N–H and O–H groups in total. The lowest BCUT2D eigenvalue weighted by Crippen LogP contribution is -2.47. The lowest BCUT2D eigenvalue weighted by Gasteiger charge is -2.23. The van der Waals surface area contributed by atoms with E-state index in [1.807, 2.05) is 0 Å². The second-order valence-electron chi connectivity index (χ2n) is 14.3. The molecule has 0 bridgehead atoms. The molecule has 0 radical (unpaired) electrons. The summed E-state index contributed by atoms with van der Waals surface area (Å²) in [5, 5.41) is 13.3. The summed E-state index contributed by atoms with van der Waals surface area (Å²) in [5.41, 5.74) is 0. The molecule has 2 unspecified atom stereocenters. The predicted octanol–water partition coefficient (Wildman–Crippen LogP) is 11.8. The van der Waals surface area contributed by atoms with Crippen LogP contribution in [0.5, 0.6) is 0 Å². The molecular formula is C40H79NO5S. The van der Waals surface area contributed by atoms with Gasteiger partial charge >= 0.3 is 0 Å². The molecule has 6 nitrogen and oxygen atoms in total. The maximum absolute atomic E-state index is 12.5. The normalized spacial score (nSPS) is 13.4. The molecule has 0 spiro atoms. The van der Waals surface area contributed by atoms with Crippen LogP contribution in [0.4, 0.5) is 0 Å². The van der Waals surface area contributed by atoms with E-state index in [1.165, 1.54) is 154 Å². The fourth-order valence-electron chi connectivity index (χ4n) is 6.39. The first-order valence-electron chi connectivity index (χ1n) is 20.4. The predicted molar refractivity (Wildman–Crippen MR) is 203 cm³/mol. The molecule has 0 aliphatic carbocycles. The average Bonchev–Trinajstić information content (AvgIpc) is 3.03. The molecule has 0 heterocycles. The Morgan fingerprint density at radius 2 is 0.894 bits per heavy atom. The minimum absolute atomic E-state index is 0.248. The van der Waals surface area contributed by atoms with Gasteiger partial charge in [0.05, 0.1) is 17.9 Å². The van der Waals surface area contributed by atoms with Gasteiger partial charge in [0, 0.05) is 6.42 Å². The third kappa shape index (κ3) is 36.2. The molecule has 0 saturated heterocycles. The zero-order valence-electron chi connectivity index (χ0n) is 31.2. The zero-order chi connectivity index (χ0) is 34.7. The van der Waals surface area contributed by atoms with Gasteiger partial charge in [-0.25, -0.2) is 0 Å². The van der Waals surface area contributed by atoms with Gasteiger partial charge in [-0.15, -0.1) is 0 Å². The first-order valence-corrected chi connectivity index (χ1v) is 22.0. The molecule has 280 valence electrons. The number of allylic oxidation sites excluding steroid dienone is 2. The van der Waals surface area contributed by atoms with Crippen molar-refractivity contribution in [2.75, 3.05) is 5.75 Å². The molecule has 0 aliphatic heterocycles. The largest absolute Gasteiger partial charge is 0.391 e. The summed E-state index contributed by atoms with van der Waals surface area (Å²) in [7, 11) is -4.31. The molecule has 0 aromatic rings. The molecule has 2 atom stereocenters. The highest BCUT2D eigenvalue weighted by Crippen LogP contribution is 2.16. The summed E-state index contributed by atoms with van der Waals surface area (Å²) in [6.07, 6.45) is 41.6. The van der Waals surface area contributed by atoms with Crippen LogP contribution < -0.4 is 5.32 Å². The van der Waals surface area contributed by atoms with Crippen molar-refractivity contribution in [3.05, 3.63) is 12.2 Å². The zero-order valence-corrected chi connectivity index (χ0v) is 32.0. The van der Waals surface area contributed by atoms with Gasteiger partial charge in [-0.05, 0) is 38.5 Å². The van der Waals surface area contributed by atoms with E-state index in [2.05, 4.69) is 31.3 Å². The Balaban J connectivity index is 3.85. The monoisotopic (exact) mass is 686 g/mol. The number of hydrogen-bond donors (Lipinski definition) is 3. The van der Waals surface area contributed by atoms with Crippen LogP contribution in [-0.4, -0.2) is 41.9 Å². The number of nitrogens with one attached hydrogen (secondary N) is 1. The van der Waals surface area contributed by atoms with Crippen LogP contribution in [0.3, 0.4) is 0 Å². The van der Waals surface area contributed by atoms with Crippen molar-refractivity contribution < 1.29 is 22.9 Å². The van der Waals surface area contributed by atoms with Gasteiger partial charge in [0.2, 0.25) is 5.91 Å². The summed E-state index contributed by atoms with van der Waals surface area (Å²) in [4.78, 5) is 12.5. The summed E-state index contributed by atoms with van der Waals surface area (Å²) in [5.74, 6) is -0.894. The van der Waals surface area contributed by atoms with Crippen LogP contribution in [0.15, 0.2) is 12.2 Å². The SMILES string of the molecule is CCCCCCCCC/C=C\CCCCCCCCCC(=O)NC(CS(=O)(=O)O)C(O)CCCCCCCCCCCCCCCC. The molecule has 47 heavy (non-hydrogen) atoms. The van der Waals surface area contributed by atoms with E-state index < -0.39 is 28.0 Å². The highest BCUT2D eigenvalue weighted by Gasteiger charge is 2.26. The quantitative estimate of drug-likeness (QED) is 0.0343. The Labute approximate surface area is 292 Å². The Morgan fingerprint density at radius 1 is 0.553 bits per heavy atom. The molecule has 0 fully saturated rings. The van der Waals surface area contributed by atoms with E-state index in [4.69, 9.17) is 0 Å². The van der Waals surface area contributed by atoms with E-state index >= 15 is 0 Å². The summed E-state index contributed by atoms with van der Waals surface area (Å²) >= 11 is 0. The fourth-order valence-corrected chi connectivity index (χ4v) is 7.15. The van der Waals surface area contributed by atoms with Gasteiger partial charge in [-0.3, -0.25) is 9.35 Å². The third-order valence-electron chi connectivity index (χ3n) is 9.47. The van der Waals surface area contributed by atoms with Crippen LogP contribution >= 0.6 is 0 Å². The van der Waals surface area contributed by atoms with Crippen LogP contribution in [0.2, 0.25) is 0 Å². The first-order chi connectivity index (χ1) is 22.8. The van der Waals surface area contributed by atoms with Crippen molar-refractivity contribution in [3.8, 4) is 0 Å². The number of unbranched alkanes of at least 4 members (excludes halogenated alkanes) is 27. The van der Waals surface area contributed by atoms with E-state index in [0.29, 0.717) is 12.8 Å². The minimum atomic E-state index is -4.31. The van der Waals surface area contributed by atoms with Crippen LogP contribution in [0.1, 0.15) is 219 Å². The number of aliphatic hydroxyl groups excluding tert-OH is 1. The van der Waals surface area contributed by atoms with Gasteiger partial charge in [0.15, 0.2) is 0 Å². The lowest BCUT2D eigenvalue weighted by atomic mass is 10.0. The molecule has 0 rings (SSSR count). The van der Waals surface area contributed by atoms with Gasteiger partial charge < -0.3 is 10.4 Å². The maximum Gasteiger partial charge on any atom is 0.266 e. The number of amides is 1. The van der Waals surface area contributed by atoms with Crippen molar-refractivity contribution >= 4 is 16.0 Å². The third-order valence-corrected chi connectivity index (χ3v) is 10.3. The Morgan fingerprint density at radius 3 is 1.28 bits per heavy atom. The van der Waals surface area contributed by atoms with E-state index in [9.17, 15) is 22.9 Å². The van der Waals surface area contributed by atoms with Crippen LogP contribution in [0.25, 0.3) is 0 Å². The Hall–Kier alpha value is -0.920. The average molecular weight is 686 g/mol. The van der Waals surface area contributed by atoms with E-state index in [0.717, 1.165) is 38.5 Å². The second kappa shape index (κ2) is 34.9. The number of hydrogen-bond acceptors (Lipinski definition) is 4. The van der Waals surface area contributed by atoms with E-state index in [-0.39, 0.29) is 5.91 Å². The number of carbonyl (C=O) groups is 1. The number of carbonyl (C=O) groups excluding carboxylic acids is 1. The Kier molecular flexibility index (Phi) is 34.2. The summed E-state index contributed by atoms with van der Waals surface area (Å²) in [6, 6.07) is -0.968. The second-order valence-corrected chi connectivity index (χ2v) is 15.8. The summed E-state index contributed by atoms with van der Waals surface area (Å²) in [6.45, 7) is 4.52. The first kappa shape index (κ1) is 46.1. The maximum atomic E-state index is 12.5. The van der Waals surface area contributed by atoms with Gasteiger partial charge in [0.25, 0.3) is 10.1 Å². The molecule has 1 amide bonds.